The monoisotopic (exact) mass is 263 g/mol. The molecular weight excluding hydrogens is 242 g/mol. The average Bonchev–Trinajstić information content (AvgIpc) is 2.38. The van der Waals surface area contributed by atoms with Crippen molar-refractivity contribution in [1.82, 2.24) is 4.90 Å². The van der Waals surface area contributed by atoms with E-state index in [1.165, 1.54) is 5.56 Å². The predicted octanol–water partition coefficient (Wildman–Crippen LogP) is 2.21. The first-order valence-corrected chi connectivity index (χ1v) is 7.45. The number of aliphatic hydroxyl groups excluding tert-OH is 1. The molecule has 1 rings (SSSR count). The van der Waals surface area contributed by atoms with Crippen LogP contribution >= 0.6 is 11.8 Å². The first kappa shape index (κ1) is 15.1. The number of hydrogen-bond donors (Lipinski definition) is 1. The number of nitrogens with zero attached hydrogens (tertiary/aromatic N) is 1. The summed E-state index contributed by atoms with van der Waals surface area (Å²) in [6, 6.07) is 8.66. The number of rotatable bonds is 5. The summed E-state index contributed by atoms with van der Waals surface area (Å²) < 4.78 is 0. The lowest BCUT2D eigenvalue weighted by Gasteiger charge is -2.24. The van der Waals surface area contributed by atoms with E-state index in [0.29, 0.717) is 6.04 Å². The molecule has 0 aromatic heterocycles. The summed E-state index contributed by atoms with van der Waals surface area (Å²) in [6.45, 7) is 3.03. The molecule has 0 radical (unpaired) electrons. The van der Waals surface area contributed by atoms with E-state index in [1.54, 1.807) is 0 Å². The van der Waals surface area contributed by atoms with Gasteiger partial charge in [-0.2, -0.15) is 11.8 Å². The van der Waals surface area contributed by atoms with E-state index in [9.17, 15) is 0 Å². The quantitative estimate of drug-likeness (QED) is 0.824. The van der Waals surface area contributed by atoms with Gasteiger partial charge in [0.25, 0.3) is 0 Å². The van der Waals surface area contributed by atoms with Gasteiger partial charge in [-0.3, -0.25) is 4.90 Å². The fourth-order valence-corrected chi connectivity index (χ4v) is 2.44. The van der Waals surface area contributed by atoms with E-state index >= 15 is 0 Å². The van der Waals surface area contributed by atoms with E-state index in [4.69, 9.17) is 5.11 Å². The van der Waals surface area contributed by atoms with Gasteiger partial charge in [0.2, 0.25) is 0 Å². The Morgan fingerprint density at radius 1 is 1.39 bits per heavy atom. The highest BCUT2D eigenvalue weighted by atomic mass is 32.2. The van der Waals surface area contributed by atoms with Crippen LogP contribution in [0, 0.1) is 11.8 Å². The number of thioether (sulfide) groups is 1. The molecule has 1 atom stereocenters. The van der Waals surface area contributed by atoms with Crippen molar-refractivity contribution in [3.05, 3.63) is 35.4 Å². The Morgan fingerprint density at radius 2 is 2.11 bits per heavy atom. The lowest BCUT2D eigenvalue weighted by molar-refractivity contribution is 0.269. The van der Waals surface area contributed by atoms with Crippen LogP contribution in [0.3, 0.4) is 0 Å². The molecule has 0 saturated carbocycles. The molecule has 0 bridgehead atoms. The molecule has 1 aromatic rings. The maximum Gasteiger partial charge on any atom is 0.104 e. The van der Waals surface area contributed by atoms with Gasteiger partial charge in [0.1, 0.15) is 6.61 Å². The summed E-state index contributed by atoms with van der Waals surface area (Å²) in [5.74, 6) is 6.85. The summed E-state index contributed by atoms with van der Waals surface area (Å²) in [7, 11) is 2.14. The molecule has 2 nitrogen and oxygen atoms in total. The third-order valence-corrected chi connectivity index (χ3v) is 3.72. The molecule has 1 aromatic carbocycles. The summed E-state index contributed by atoms with van der Waals surface area (Å²) in [5.41, 5.74) is 2.23. The van der Waals surface area contributed by atoms with E-state index < -0.39 is 0 Å². The fraction of sp³-hybridized carbons (Fsp3) is 0.467. The Hall–Kier alpha value is -0.950. The molecule has 0 aliphatic rings. The van der Waals surface area contributed by atoms with E-state index in [0.717, 1.165) is 17.9 Å². The van der Waals surface area contributed by atoms with Crippen LogP contribution in [0.5, 0.6) is 0 Å². The standard InChI is InChI=1S/C15H21NOS/c1-13(12-18-3)16(2)11-15-8-5-4-7-14(15)9-6-10-17/h4-5,7-8,13,17H,10-12H2,1-3H3. The summed E-state index contributed by atoms with van der Waals surface area (Å²) >= 11 is 1.86. The van der Waals surface area contributed by atoms with Gasteiger partial charge in [-0.1, -0.05) is 30.0 Å². The lowest BCUT2D eigenvalue weighted by Crippen LogP contribution is -2.30. The Balaban J connectivity index is 2.77. The highest BCUT2D eigenvalue weighted by Crippen LogP contribution is 2.13. The molecule has 1 unspecified atom stereocenters. The van der Waals surface area contributed by atoms with Crippen LogP contribution < -0.4 is 0 Å². The van der Waals surface area contributed by atoms with Crippen LogP contribution in [0.2, 0.25) is 0 Å². The zero-order valence-corrected chi connectivity index (χ0v) is 12.1. The van der Waals surface area contributed by atoms with E-state index in [1.807, 2.05) is 30.0 Å². The molecule has 0 amide bonds. The second-order valence-corrected chi connectivity index (χ2v) is 5.25. The molecule has 0 saturated heterocycles. The van der Waals surface area contributed by atoms with Gasteiger partial charge >= 0.3 is 0 Å². The third kappa shape index (κ3) is 4.73. The van der Waals surface area contributed by atoms with Crippen molar-refractivity contribution < 1.29 is 5.11 Å². The highest BCUT2D eigenvalue weighted by Gasteiger charge is 2.10. The number of benzene rings is 1. The van der Waals surface area contributed by atoms with Crippen LogP contribution in [0.25, 0.3) is 0 Å². The Kier molecular flexibility index (Phi) is 6.89. The molecule has 0 fully saturated rings. The van der Waals surface area contributed by atoms with Crippen LogP contribution in [0.15, 0.2) is 24.3 Å². The Labute approximate surface area is 114 Å². The summed E-state index contributed by atoms with van der Waals surface area (Å²) in [4.78, 5) is 2.33. The normalized spacial score (nSPS) is 12.1. The second-order valence-electron chi connectivity index (χ2n) is 4.34. The van der Waals surface area contributed by atoms with Gasteiger partial charge in [-0.15, -0.1) is 0 Å². The molecule has 0 aliphatic heterocycles. The van der Waals surface area contributed by atoms with Crippen LogP contribution in [0.4, 0.5) is 0 Å². The minimum Gasteiger partial charge on any atom is -0.384 e. The van der Waals surface area contributed by atoms with Gasteiger partial charge in [-0.05, 0) is 31.9 Å². The maximum absolute atomic E-state index is 8.77. The summed E-state index contributed by atoms with van der Waals surface area (Å²) in [5, 5.41) is 8.77. The minimum atomic E-state index is -0.0902. The van der Waals surface area contributed by atoms with Crippen LogP contribution in [-0.4, -0.2) is 41.7 Å². The SMILES string of the molecule is CSCC(C)N(C)Cc1ccccc1C#CCO. The van der Waals surface area contributed by atoms with Crippen molar-refractivity contribution in [2.75, 3.05) is 25.7 Å². The predicted molar refractivity (Wildman–Crippen MR) is 79.7 cm³/mol. The largest absolute Gasteiger partial charge is 0.384 e. The van der Waals surface area contributed by atoms with Gasteiger partial charge in [0.05, 0.1) is 0 Å². The van der Waals surface area contributed by atoms with Crippen molar-refractivity contribution in [3.8, 4) is 11.8 Å². The van der Waals surface area contributed by atoms with Crippen molar-refractivity contribution >= 4 is 11.8 Å². The first-order chi connectivity index (χ1) is 8.69. The molecule has 0 heterocycles. The molecule has 0 spiro atoms. The average molecular weight is 263 g/mol. The molecule has 3 heteroatoms. The molecule has 0 aliphatic carbocycles. The van der Waals surface area contributed by atoms with E-state index in [-0.39, 0.29) is 6.61 Å². The van der Waals surface area contributed by atoms with Gasteiger partial charge in [0, 0.05) is 23.9 Å². The minimum absolute atomic E-state index is 0.0902. The molecule has 1 N–H and O–H groups in total. The van der Waals surface area contributed by atoms with Crippen molar-refractivity contribution in [3.63, 3.8) is 0 Å². The van der Waals surface area contributed by atoms with Gasteiger partial charge in [-0.25, -0.2) is 0 Å². The van der Waals surface area contributed by atoms with Gasteiger partial charge < -0.3 is 5.11 Å². The Bertz CT molecular complexity index is 422. The Morgan fingerprint density at radius 3 is 2.78 bits per heavy atom. The highest BCUT2D eigenvalue weighted by molar-refractivity contribution is 7.98. The molecule has 18 heavy (non-hydrogen) atoms. The topological polar surface area (TPSA) is 23.5 Å². The maximum atomic E-state index is 8.77. The zero-order valence-electron chi connectivity index (χ0n) is 11.3. The van der Waals surface area contributed by atoms with Crippen LogP contribution in [-0.2, 0) is 6.54 Å². The number of aliphatic hydroxyl groups is 1. The van der Waals surface area contributed by atoms with Crippen LogP contribution in [0.1, 0.15) is 18.1 Å². The first-order valence-electron chi connectivity index (χ1n) is 6.05. The van der Waals surface area contributed by atoms with E-state index in [2.05, 4.69) is 43.0 Å². The summed E-state index contributed by atoms with van der Waals surface area (Å²) in [6.07, 6.45) is 2.13. The number of hydrogen-bond acceptors (Lipinski definition) is 3. The second kappa shape index (κ2) is 8.20. The smallest absolute Gasteiger partial charge is 0.104 e. The molecular formula is C15H21NOS. The lowest BCUT2D eigenvalue weighted by atomic mass is 10.1. The van der Waals surface area contributed by atoms with Gasteiger partial charge in [0.15, 0.2) is 0 Å². The van der Waals surface area contributed by atoms with Crippen molar-refractivity contribution in [2.24, 2.45) is 0 Å². The van der Waals surface area contributed by atoms with Crippen molar-refractivity contribution in [2.45, 2.75) is 19.5 Å². The van der Waals surface area contributed by atoms with Crippen molar-refractivity contribution in [1.29, 1.82) is 0 Å². The third-order valence-electron chi connectivity index (χ3n) is 2.90. The fourth-order valence-electron chi connectivity index (χ4n) is 1.71. The molecule has 98 valence electrons. The zero-order chi connectivity index (χ0) is 13.4.